The predicted octanol–water partition coefficient (Wildman–Crippen LogP) is 4.99. The van der Waals surface area contributed by atoms with Crippen molar-refractivity contribution in [3.05, 3.63) is 71.7 Å². The van der Waals surface area contributed by atoms with Crippen molar-refractivity contribution in [3.8, 4) is 17.1 Å². The van der Waals surface area contributed by atoms with Crippen LogP contribution in [0.2, 0.25) is 0 Å². The quantitative estimate of drug-likeness (QED) is 0.425. The molecule has 0 atom stereocenters. The second-order valence-corrected chi connectivity index (χ2v) is 6.54. The number of oxazole rings is 1. The summed E-state index contributed by atoms with van der Waals surface area (Å²) in [6.07, 6.45) is 3.31. The molecule has 0 fully saturated rings. The lowest BCUT2D eigenvalue weighted by Gasteiger charge is -2.04. The van der Waals surface area contributed by atoms with Crippen LogP contribution in [0.15, 0.2) is 76.1 Å². The van der Waals surface area contributed by atoms with Gasteiger partial charge in [-0.2, -0.15) is 0 Å². The van der Waals surface area contributed by atoms with Gasteiger partial charge in [-0.3, -0.25) is 4.57 Å². The van der Waals surface area contributed by atoms with Crippen LogP contribution in [0.25, 0.3) is 39.0 Å². The Labute approximate surface area is 151 Å². The van der Waals surface area contributed by atoms with Crippen molar-refractivity contribution in [1.29, 1.82) is 0 Å². The Bertz CT molecular complexity index is 1210. The molecule has 0 amide bonds. The molecule has 3 aromatic carbocycles. The molecule has 120 valence electrons. The van der Waals surface area contributed by atoms with Crippen LogP contribution >= 0.6 is 15.9 Å². The molecule has 5 rings (SSSR count). The van der Waals surface area contributed by atoms with E-state index in [1.807, 2.05) is 47.0 Å². The predicted molar refractivity (Wildman–Crippen MR) is 99.6 cm³/mol. The third kappa shape index (κ3) is 2.34. The van der Waals surface area contributed by atoms with E-state index in [2.05, 4.69) is 38.3 Å². The molecule has 2 aromatic heterocycles. The third-order valence-electron chi connectivity index (χ3n) is 4.19. The fraction of sp³-hybridized carbons (Fsp3) is 0. The van der Waals surface area contributed by atoms with Gasteiger partial charge in [0, 0.05) is 10.0 Å². The number of fused-ring (bicyclic) bond motifs is 2. The van der Waals surface area contributed by atoms with Gasteiger partial charge in [0.05, 0.1) is 5.69 Å². The van der Waals surface area contributed by atoms with Crippen molar-refractivity contribution >= 4 is 37.8 Å². The first-order valence-electron chi connectivity index (χ1n) is 7.73. The molecule has 5 nitrogen and oxygen atoms in total. The van der Waals surface area contributed by atoms with Crippen LogP contribution < -0.4 is 0 Å². The zero-order valence-corrected chi connectivity index (χ0v) is 14.5. The maximum Gasteiger partial charge on any atom is 0.227 e. The lowest BCUT2D eigenvalue weighted by Crippen LogP contribution is -1.89. The first-order valence-corrected chi connectivity index (χ1v) is 8.52. The van der Waals surface area contributed by atoms with Gasteiger partial charge in [0.1, 0.15) is 18.2 Å². The molecule has 0 spiro atoms. The van der Waals surface area contributed by atoms with Crippen LogP contribution in [0, 0.1) is 0 Å². The van der Waals surface area contributed by atoms with E-state index in [4.69, 9.17) is 9.40 Å². The van der Waals surface area contributed by atoms with Crippen LogP contribution in [0.5, 0.6) is 0 Å². The molecule has 0 saturated carbocycles. The SMILES string of the molecule is Brc1cccc2c(-c3nc4cc(-n5cnnc5)ccc4o3)cccc12. The normalized spacial score (nSPS) is 11.4. The van der Waals surface area contributed by atoms with Gasteiger partial charge in [0.15, 0.2) is 5.58 Å². The van der Waals surface area contributed by atoms with Gasteiger partial charge in [0.2, 0.25) is 5.89 Å². The molecule has 0 aliphatic rings. The number of rotatable bonds is 2. The van der Waals surface area contributed by atoms with Gasteiger partial charge in [0.25, 0.3) is 0 Å². The number of benzene rings is 3. The molecule has 0 unspecified atom stereocenters. The maximum atomic E-state index is 6.01. The largest absolute Gasteiger partial charge is 0.436 e. The van der Waals surface area contributed by atoms with Crippen molar-refractivity contribution in [2.24, 2.45) is 0 Å². The van der Waals surface area contributed by atoms with Gasteiger partial charge in [-0.1, -0.05) is 40.2 Å². The molecule has 0 aliphatic heterocycles. The Morgan fingerprint density at radius 2 is 1.68 bits per heavy atom. The minimum absolute atomic E-state index is 0.611. The molecule has 25 heavy (non-hydrogen) atoms. The fourth-order valence-electron chi connectivity index (χ4n) is 2.98. The molecule has 0 saturated heterocycles. The lowest BCUT2D eigenvalue weighted by atomic mass is 10.0. The van der Waals surface area contributed by atoms with Crippen molar-refractivity contribution in [1.82, 2.24) is 19.7 Å². The number of hydrogen-bond donors (Lipinski definition) is 0. The number of nitrogens with zero attached hydrogens (tertiary/aromatic N) is 4. The fourth-order valence-corrected chi connectivity index (χ4v) is 3.48. The van der Waals surface area contributed by atoms with Crippen LogP contribution in [0.3, 0.4) is 0 Å². The summed E-state index contributed by atoms with van der Waals surface area (Å²) in [5.41, 5.74) is 3.46. The Kier molecular flexibility index (Phi) is 3.18. The minimum atomic E-state index is 0.611. The molecule has 0 aliphatic carbocycles. The Morgan fingerprint density at radius 1 is 0.880 bits per heavy atom. The van der Waals surface area contributed by atoms with E-state index in [1.54, 1.807) is 12.7 Å². The van der Waals surface area contributed by atoms with E-state index in [1.165, 1.54) is 0 Å². The van der Waals surface area contributed by atoms with Gasteiger partial charge in [-0.25, -0.2) is 4.98 Å². The average Bonchev–Trinajstić information content (AvgIpc) is 3.30. The van der Waals surface area contributed by atoms with E-state index in [0.29, 0.717) is 5.89 Å². The highest BCUT2D eigenvalue weighted by Crippen LogP contribution is 2.33. The third-order valence-corrected chi connectivity index (χ3v) is 4.88. The second-order valence-electron chi connectivity index (χ2n) is 5.68. The summed E-state index contributed by atoms with van der Waals surface area (Å²) in [4.78, 5) is 4.70. The number of aromatic nitrogens is 4. The smallest absolute Gasteiger partial charge is 0.227 e. The maximum absolute atomic E-state index is 6.01. The summed E-state index contributed by atoms with van der Waals surface area (Å²) >= 11 is 3.60. The Hall–Kier alpha value is -2.99. The summed E-state index contributed by atoms with van der Waals surface area (Å²) < 4.78 is 8.90. The lowest BCUT2D eigenvalue weighted by molar-refractivity contribution is 0.620. The molecule has 2 heterocycles. The number of halogens is 1. The van der Waals surface area contributed by atoms with Crippen LogP contribution in [-0.2, 0) is 0 Å². The highest BCUT2D eigenvalue weighted by molar-refractivity contribution is 9.10. The zero-order valence-electron chi connectivity index (χ0n) is 12.9. The first kappa shape index (κ1) is 14.4. The standard InChI is InChI=1S/C19H11BrN4O/c20-16-6-2-3-13-14(16)4-1-5-15(13)19-23-17-9-12(7-8-18(17)25-19)24-10-21-22-11-24/h1-11H. The van der Waals surface area contributed by atoms with Gasteiger partial charge in [-0.15, -0.1) is 10.2 Å². The second kappa shape index (κ2) is 5.53. The summed E-state index contributed by atoms with van der Waals surface area (Å²) in [5.74, 6) is 0.611. The number of hydrogen-bond acceptors (Lipinski definition) is 4. The molecular formula is C19H11BrN4O. The summed E-state index contributed by atoms with van der Waals surface area (Å²) in [7, 11) is 0. The van der Waals surface area contributed by atoms with E-state index in [0.717, 1.165) is 37.6 Å². The van der Waals surface area contributed by atoms with Crippen molar-refractivity contribution in [3.63, 3.8) is 0 Å². The van der Waals surface area contributed by atoms with E-state index < -0.39 is 0 Å². The van der Waals surface area contributed by atoms with E-state index in [-0.39, 0.29) is 0 Å². The van der Waals surface area contributed by atoms with Gasteiger partial charge >= 0.3 is 0 Å². The van der Waals surface area contributed by atoms with Crippen LogP contribution in [0.4, 0.5) is 0 Å². The van der Waals surface area contributed by atoms with E-state index >= 15 is 0 Å². The molecule has 0 N–H and O–H groups in total. The summed E-state index contributed by atoms with van der Waals surface area (Å²) in [6.45, 7) is 0. The van der Waals surface area contributed by atoms with Crippen molar-refractivity contribution < 1.29 is 4.42 Å². The summed E-state index contributed by atoms with van der Waals surface area (Å²) in [6, 6.07) is 18.1. The Balaban J connectivity index is 1.70. The molecule has 0 radical (unpaired) electrons. The monoisotopic (exact) mass is 390 g/mol. The minimum Gasteiger partial charge on any atom is -0.436 e. The highest BCUT2D eigenvalue weighted by atomic mass is 79.9. The first-order chi connectivity index (χ1) is 12.3. The molecule has 0 bridgehead atoms. The van der Waals surface area contributed by atoms with Gasteiger partial charge < -0.3 is 4.42 Å². The molecule has 6 heteroatoms. The summed E-state index contributed by atoms with van der Waals surface area (Å²) in [5, 5.41) is 9.91. The zero-order chi connectivity index (χ0) is 16.8. The van der Waals surface area contributed by atoms with Crippen molar-refractivity contribution in [2.45, 2.75) is 0 Å². The van der Waals surface area contributed by atoms with Crippen LogP contribution in [0.1, 0.15) is 0 Å². The average molecular weight is 391 g/mol. The molecular weight excluding hydrogens is 380 g/mol. The highest BCUT2D eigenvalue weighted by Gasteiger charge is 2.13. The molecule has 5 aromatic rings. The topological polar surface area (TPSA) is 56.7 Å². The van der Waals surface area contributed by atoms with Gasteiger partial charge in [-0.05, 0) is 41.1 Å². The Morgan fingerprint density at radius 3 is 2.56 bits per heavy atom. The van der Waals surface area contributed by atoms with E-state index in [9.17, 15) is 0 Å². The van der Waals surface area contributed by atoms with Crippen molar-refractivity contribution in [2.75, 3.05) is 0 Å². The van der Waals surface area contributed by atoms with Crippen LogP contribution in [-0.4, -0.2) is 19.7 Å².